The van der Waals surface area contributed by atoms with Gasteiger partial charge < -0.3 is 0 Å². The number of halogens is 3. The molecule has 0 saturated heterocycles. The van der Waals surface area contributed by atoms with Gasteiger partial charge >= 0.3 is 0 Å². The standard InChI is InChI=1S/C14H7ClF2N4O2S/c15-8-1-2-9-12(4-8)19-20-14(9)24(22,23)21-13-5-10(16)7(6-18)3-11(13)17/h1-5,21H,(H,19,20). The number of benzene rings is 2. The van der Waals surface area contributed by atoms with Crippen molar-refractivity contribution in [3.05, 3.63) is 52.6 Å². The number of nitrogens with zero attached hydrogens (tertiary/aromatic N) is 2. The maximum atomic E-state index is 13.9. The van der Waals surface area contributed by atoms with Gasteiger partial charge in [-0.2, -0.15) is 18.8 Å². The minimum atomic E-state index is -4.27. The number of aromatic nitrogens is 2. The fourth-order valence-corrected chi connectivity index (χ4v) is 3.41. The lowest BCUT2D eigenvalue weighted by Crippen LogP contribution is -2.15. The first-order chi connectivity index (χ1) is 11.3. The summed E-state index contributed by atoms with van der Waals surface area (Å²) in [4.78, 5) is 0. The molecule has 0 radical (unpaired) electrons. The van der Waals surface area contributed by atoms with Crippen molar-refractivity contribution in [1.29, 1.82) is 5.26 Å². The Kier molecular flexibility index (Phi) is 3.87. The zero-order chi connectivity index (χ0) is 17.5. The van der Waals surface area contributed by atoms with Crippen molar-refractivity contribution >= 4 is 38.2 Å². The van der Waals surface area contributed by atoms with Gasteiger partial charge in [-0.05, 0) is 24.3 Å². The van der Waals surface area contributed by atoms with E-state index in [1.807, 2.05) is 4.72 Å². The van der Waals surface area contributed by atoms with Crippen LogP contribution in [0.2, 0.25) is 5.02 Å². The Labute approximate surface area is 139 Å². The molecule has 0 aliphatic heterocycles. The number of fused-ring (bicyclic) bond motifs is 1. The minimum Gasteiger partial charge on any atom is -0.275 e. The summed E-state index contributed by atoms with van der Waals surface area (Å²) in [6.45, 7) is 0. The first-order valence-corrected chi connectivity index (χ1v) is 8.23. The van der Waals surface area contributed by atoms with E-state index in [2.05, 4.69) is 10.2 Å². The Bertz CT molecular complexity index is 1110. The predicted octanol–water partition coefficient (Wildman–Crippen LogP) is 3.17. The average molecular weight is 369 g/mol. The van der Waals surface area contributed by atoms with Crippen LogP contribution >= 0.6 is 11.6 Å². The first-order valence-electron chi connectivity index (χ1n) is 6.37. The van der Waals surface area contributed by atoms with Gasteiger partial charge in [-0.15, -0.1) is 0 Å². The van der Waals surface area contributed by atoms with E-state index in [0.717, 1.165) is 0 Å². The third kappa shape index (κ3) is 2.77. The Balaban J connectivity index is 2.06. The van der Waals surface area contributed by atoms with Crippen LogP contribution in [-0.2, 0) is 10.0 Å². The second kappa shape index (κ2) is 5.74. The van der Waals surface area contributed by atoms with Gasteiger partial charge in [-0.25, -0.2) is 8.78 Å². The van der Waals surface area contributed by atoms with Gasteiger partial charge in [0.2, 0.25) is 0 Å². The van der Waals surface area contributed by atoms with Gasteiger partial charge in [0.25, 0.3) is 10.0 Å². The summed E-state index contributed by atoms with van der Waals surface area (Å²) in [5.74, 6) is -2.12. The van der Waals surface area contributed by atoms with E-state index < -0.39 is 32.9 Å². The Morgan fingerprint density at radius 2 is 1.96 bits per heavy atom. The molecule has 0 atom stereocenters. The SMILES string of the molecule is N#Cc1cc(F)c(NS(=O)(=O)c2[nH]nc3cc(Cl)ccc23)cc1F. The van der Waals surface area contributed by atoms with E-state index in [1.165, 1.54) is 24.3 Å². The summed E-state index contributed by atoms with van der Waals surface area (Å²) in [6.07, 6.45) is 0. The summed E-state index contributed by atoms with van der Waals surface area (Å²) >= 11 is 5.80. The zero-order valence-corrected chi connectivity index (χ0v) is 13.2. The quantitative estimate of drug-likeness (QED) is 0.741. The summed E-state index contributed by atoms with van der Waals surface area (Å²) in [5, 5.41) is 15.1. The third-order valence-electron chi connectivity index (χ3n) is 3.17. The highest BCUT2D eigenvalue weighted by molar-refractivity contribution is 7.92. The van der Waals surface area contributed by atoms with Crippen LogP contribution in [0.5, 0.6) is 0 Å². The first kappa shape index (κ1) is 16.2. The second-order valence-corrected chi connectivity index (χ2v) is 6.80. The number of nitriles is 1. The highest BCUT2D eigenvalue weighted by atomic mass is 35.5. The number of aromatic amines is 1. The van der Waals surface area contributed by atoms with Crippen LogP contribution in [0.25, 0.3) is 10.9 Å². The molecule has 24 heavy (non-hydrogen) atoms. The van der Waals surface area contributed by atoms with Gasteiger partial charge in [0.1, 0.15) is 17.7 Å². The summed E-state index contributed by atoms with van der Waals surface area (Å²) in [7, 11) is -4.27. The molecule has 122 valence electrons. The van der Waals surface area contributed by atoms with E-state index in [-0.39, 0.29) is 10.4 Å². The lowest BCUT2D eigenvalue weighted by molar-refractivity contribution is 0.591. The predicted molar refractivity (Wildman–Crippen MR) is 83.0 cm³/mol. The van der Waals surface area contributed by atoms with Gasteiger partial charge in [-0.3, -0.25) is 9.82 Å². The molecule has 2 aromatic carbocycles. The van der Waals surface area contributed by atoms with Gasteiger partial charge in [0, 0.05) is 16.5 Å². The lowest BCUT2D eigenvalue weighted by atomic mass is 10.2. The second-order valence-electron chi connectivity index (χ2n) is 4.74. The number of H-pyrrole nitrogens is 1. The molecular formula is C14H7ClF2N4O2S. The summed E-state index contributed by atoms with van der Waals surface area (Å²) < 4.78 is 54.2. The largest absolute Gasteiger partial charge is 0.279 e. The van der Waals surface area contributed by atoms with Crippen molar-refractivity contribution in [2.24, 2.45) is 0 Å². The molecule has 10 heteroatoms. The number of rotatable bonds is 3. The van der Waals surface area contributed by atoms with Crippen LogP contribution < -0.4 is 4.72 Å². The van der Waals surface area contributed by atoms with Crippen LogP contribution in [0.15, 0.2) is 35.4 Å². The molecule has 0 aliphatic carbocycles. The Hall–Kier alpha value is -2.70. The Morgan fingerprint density at radius 3 is 2.67 bits per heavy atom. The average Bonchev–Trinajstić information content (AvgIpc) is 2.94. The summed E-state index contributed by atoms with van der Waals surface area (Å²) in [6, 6.07) is 7.03. The molecule has 6 nitrogen and oxygen atoms in total. The van der Waals surface area contributed by atoms with Gasteiger partial charge in [0.05, 0.1) is 16.8 Å². The number of sulfonamides is 1. The van der Waals surface area contributed by atoms with E-state index in [4.69, 9.17) is 16.9 Å². The number of nitrogens with one attached hydrogen (secondary N) is 2. The highest BCUT2D eigenvalue weighted by Gasteiger charge is 2.23. The van der Waals surface area contributed by atoms with Crippen LogP contribution in [0.4, 0.5) is 14.5 Å². The number of hydrogen-bond donors (Lipinski definition) is 2. The fourth-order valence-electron chi connectivity index (χ4n) is 2.07. The third-order valence-corrected chi connectivity index (χ3v) is 4.74. The number of hydrogen-bond acceptors (Lipinski definition) is 4. The van der Waals surface area contributed by atoms with Gasteiger partial charge in [0.15, 0.2) is 5.03 Å². The molecule has 0 bridgehead atoms. The van der Waals surface area contributed by atoms with Crippen LogP contribution in [0.1, 0.15) is 5.56 Å². The monoisotopic (exact) mass is 368 g/mol. The molecular weight excluding hydrogens is 362 g/mol. The van der Waals surface area contributed by atoms with Crippen molar-refractivity contribution in [2.45, 2.75) is 5.03 Å². The molecule has 0 fully saturated rings. The molecule has 3 aromatic rings. The van der Waals surface area contributed by atoms with Crippen molar-refractivity contribution in [2.75, 3.05) is 4.72 Å². The molecule has 1 heterocycles. The molecule has 3 rings (SSSR count). The van der Waals surface area contributed by atoms with Crippen LogP contribution in [0, 0.1) is 23.0 Å². The fraction of sp³-hybridized carbons (Fsp3) is 0. The molecule has 0 spiro atoms. The van der Waals surface area contributed by atoms with Crippen LogP contribution in [-0.4, -0.2) is 18.6 Å². The summed E-state index contributed by atoms with van der Waals surface area (Å²) in [5.41, 5.74) is -0.852. The van der Waals surface area contributed by atoms with E-state index in [0.29, 0.717) is 22.7 Å². The molecule has 0 saturated carbocycles. The maximum absolute atomic E-state index is 13.9. The van der Waals surface area contributed by atoms with Crippen molar-refractivity contribution in [1.82, 2.24) is 10.2 Å². The van der Waals surface area contributed by atoms with E-state index in [1.54, 1.807) is 0 Å². The molecule has 0 aliphatic rings. The smallest absolute Gasteiger partial charge is 0.275 e. The van der Waals surface area contributed by atoms with E-state index in [9.17, 15) is 17.2 Å². The zero-order valence-electron chi connectivity index (χ0n) is 11.6. The lowest BCUT2D eigenvalue weighted by Gasteiger charge is -2.08. The number of anilines is 1. The molecule has 0 amide bonds. The minimum absolute atomic E-state index is 0.237. The normalized spacial score (nSPS) is 11.4. The van der Waals surface area contributed by atoms with Crippen molar-refractivity contribution in [3.8, 4) is 6.07 Å². The maximum Gasteiger partial charge on any atom is 0.279 e. The Morgan fingerprint density at radius 1 is 1.21 bits per heavy atom. The highest BCUT2D eigenvalue weighted by Crippen LogP contribution is 2.26. The van der Waals surface area contributed by atoms with E-state index >= 15 is 0 Å². The molecule has 2 N–H and O–H groups in total. The van der Waals surface area contributed by atoms with Crippen molar-refractivity contribution < 1.29 is 17.2 Å². The molecule has 1 aromatic heterocycles. The van der Waals surface area contributed by atoms with Gasteiger partial charge in [-0.1, -0.05) is 11.6 Å². The topological polar surface area (TPSA) is 98.6 Å². The van der Waals surface area contributed by atoms with Crippen LogP contribution in [0.3, 0.4) is 0 Å². The molecule has 0 unspecified atom stereocenters. The van der Waals surface area contributed by atoms with Crippen molar-refractivity contribution in [3.63, 3.8) is 0 Å².